The molecule has 1 amide bonds. The smallest absolute Gasteiger partial charge is 0.306 e. The third-order valence-electron chi connectivity index (χ3n) is 15.2. The van der Waals surface area contributed by atoms with Crippen LogP contribution in [0.2, 0.25) is 0 Å². The largest absolute Gasteiger partial charge is 0.454 e. The summed E-state index contributed by atoms with van der Waals surface area (Å²) in [5, 5.41) is 56.8. The summed E-state index contributed by atoms with van der Waals surface area (Å²) < 4.78 is 17.6. The van der Waals surface area contributed by atoms with Crippen LogP contribution in [-0.2, 0) is 23.8 Å². The average Bonchev–Trinajstić information content (AvgIpc) is 3.44. The van der Waals surface area contributed by atoms with E-state index in [1.807, 2.05) is 12.2 Å². The molecule has 0 bridgehead atoms. The Hall–Kier alpha value is -2.64. The van der Waals surface area contributed by atoms with Gasteiger partial charge in [0.15, 0.2) is 12.4 Å². The van der Waals surface area contributed by atoms with Gasteiger partial charge in [-0.1, -0.05) is 268 Å². The number of amides is 1. The number of esters is 1. The Bertz CT molecular complexity index is 1500. The molecule has 1 fully saturated rings. The second-order valence-corrected chi connectivity index (χ2v) is 22.5. The topological polar surface area (TPSA) is 175 Å². The maximum Gasteiger partial charge on any atom is 0.306 e. The standard InChI is InChI=1S/C67H121NO10/c1-4-7-10-13-16-19-22-25-26-27-28-29-30-31-32-33-34-35-36-37-40-43-46-49-52-55-62(72)78-65-64(74)63(73)61(56-69)77-67(65)76-57-58(59(70)53-50-47-44-41-38-23-20-17-14-11-8-5-2)68-66(75)60(71)54-51-48-45-42-39-24-21-18-15-12-9-6-3/h16,19,25-26,39,42,48,50-51,53,58-61,63-65,67,69-71,73-74H,4-15,17-18,20-24,27-38,40-41,43-47,49,52,54-57H2,1-3H3,(H,68,75)/b19-16-,26-25-,42-39-,51-48+,53-50+. The monoisotopic (exact) mass is 1100 g/mol. The molecule has 0 saturated carbocycles. The molecule has 8 atom stereocenters. The van der Waals surface area contributed by atoms with Crippen LogP contribution in [0.1, 0.15) is 290 Å². The highest BCUT2D eigenvalue weighted by Gasteiger charge is 2.47. The molecule has 0 aromatic rings. The predicted octanol–water partition coefficient (Wildman–Crippen LogP) is 15.8. The Morgan fingerprint density at radius 3 is 1.33 bits per heavy atom. The van der Waals surface area contributed by atoms with Crippen molar-refractivity contribution in [2.45, 2.75) is 339 Å². The van der Waals surface area contributed by atoms with Gasteiger partial charge in [-0.2, -0.15) is 0 Å². The van der Waals surface area contributed by atoms with Crippen LogP contribution in [0.4, 0.5) is 0 Å². The van der Waals surface area contributed by atoms with Crippen LogP contribution in [-0.4, -0.2) is 99.6 Å². The molecule has 1 saturated heterocycles. The molecule has 0 aromatic carbocycles. The highest BCUT2D eigenvalue weighted by molar-refractivity contribution is 5.81. The van der Waals surface area contributed by atoms with Crippen LogP contribution in [0.5, 0.6) is 0 Å². The van der Waals surface area contributed by atoms with Crippen LogP contribution in [0.3, 0.4) is 0 Å². The molecule has 0 aromatic heterocycles. The number of unbranched alkanes of at least 4 members (excludes halogenated alkanes) is 34. The zero-order valence-corrected chi connectivity index (χ0v) is 50.3. The van der Waals surface area contributed by atoms with Crippen LogP contribution in [0.25, 0.3) is 0 Å². The summed E-state index contributed by atoms with van der Waals surface area (Å²) in [6.07, 6.45) is 58.6. The molecular formula is C67H121NO10. The lowest BCUT2D eigenvalue weighted by molar-refractivity contribution is -0.305. The minimum absolute atomic E-state index is 0.0823. The number of rotatable bonds is 55. The fourth-order valence-electron chi connectivity index (χ4n) is 9.96. The number of carbonyl (C=O) groups is 2. The van der Waals surface area contributed by atoms with Crippen molar-refractivity contribution in [3.8, 4) is 0 Å². The van der Waals surface area contributed by atoms with E-state index < -0.39 is 67.4 Å². The minimum Gasteiger partial charge on any atom is -0.454 e. The van der Waals surface area contributed by atoms with Crippen molar-refractivity contribution in [3.63, 3.8) is 0 Å². The number of hydrogen-bond acceptors (Lipinski definition) is 10. The Balaban J connectivity index is 2.59. The van der Waals surface area contributed by atoms with Crippen molar-refractivity contribution >= 4 is 11.9 Å². The van der Waals surface area contributed by atoms with E-state index in [1.165, 1.54) is 193 Å². The second kappa shape index (κ2) is 54.9. The van der Waals surface area contributed by atoms with Crippen molar-refractivity contribution in [1.29, 1.82) is 0 Å². The van der Waals surface area contributed by atoms with Crippen LogP contribution in [0, 0.1) is 0 Å². The average molecular weight is 1100 g/mol. The summed E-state index contributed by atoms with van der Waals surface area (Å²) in [7, 11) is 0. The number of carbonyl (C=O) groups excluding carboxylic acids is 2. The molecule has 11 nitrogen and oxygen atoms in total. The van der Waals surface area contributed by atoms with E-state index in [0.29, 0.717) is 12.8 Å². The molecule has 0 aliphatic carbocycles. The lowest BCUT2D eigenvalue weighted by atomic mass is 9.99. The van der Waals surface area contributed by atoms with Gasteiger partial charge in [0, 0.05) is 12.8 Å². The lowest BCUT2D eigenvalue weighted by Crippen LogP contribution is -2.61. The van der Waals surface area contributed by atoms with Gasteiger partial charge in [0.2, 0.25) is 5.91 Å². The molecule has 454 valence electrons. The van der Waals surface area contributed by atoms with Gasteiger partial charge in [0.05, 0.1) is 25.4 Å². The summed E-state index contributed by atoms with van der Waals surface area (Å²) in [5.74, 6) is -1.26. The van der Waals surface area contributed by atoms with E-state index in [-0.39, 0.29) is 19.4 Å². The van der Waals surface area contributed by atoms with Gasteiger partial charge < -0.3 is 45.1 Å². The van der Waals surface area contributed by atoms with Crippen molar-refractivity contribution in [2.24, 2.45) is 0 Å². The van der Waals surface area contributed by atoms with Crippen LogP contribution < -0.4 is 5.32 Å². The molecular weight excluding hydrogens is 979 g/mol. The van der Waals surface area contributed by atoms with Gasteiger partial charge >= 0.3 is 5.97 Å². The Morgan fingerprint density at radius 1 is 0.500 bits per heavy atom. The van der Waals surface area contributed by atoms with E-state index in [9.17, 15) is 35.1 Å². The third-order valence-corrected chi connectivity index (χ3v) is 15.2. The van der Waals surface area contributed by atoms with Crippen molar-refractivity contribution in [2.75, 3.05) is 13.2 Å². The number of aliphatic hydroxyl groups is 5. The van der Waals surface area contributed by atoms with Gasteiger partial charge in [-0.25, -0.2) is 0 Å². The summed E-state index contributed by atoms with van der Waals surface area (Å²) in [4.78, 5) is 26.5. The van der Waals surface area contributed by atoms with Gasteiger partial charge in [0.1, 0.15) is 24.4 Å². The first-order chi connectivity index (χ1) is 38.2. The first kappa shape index (κ1) is 73.4. The van der Waals surface area contributed by atoms with Crippen molar-refractivity contribution < 1.29 is 49.3 Å². The first-order valence-corrected chi connectivity index (χ1v) is 32.6. The van der Waals surface area contributed by atoms with Gasteiger partial charge in [-0.3, -0.25) is 9.59 Å². The fraction of sp³-hybridized carbons (Fsp3) is 0.821. The maximum absolute atomic E-state index is 13.3. The second-order valence-electron chi connectivity index (χ2n) is 22.5. The zero-order chi connectivity index (χ0) is 56.8. The number of ether oxygens (including phenoxy) is 3. The quantitative estimate of drug-likeness (QED) is 0.0195. The van der Waals surface area contributed by atoms with Gasteiger partial charge in [-0.05, 0) is 70.6 Å². The highest BCUT2D eigenvalue weighted by Crippen LogP contribution is 2.26. The molecule has 0 spiro atoms. The summed E-state index contributed by atoms with van der Waals surface area (Å²) in [6.45, 7) is 5.73. The molecule has 1 rings (SSSR count). The Kier molecular flexibility index (Phi) is 51.7. The molecule has 1 aliphatic heterocycles. The fourth-order valence-corrected chi connectivity index (χ4v) is 9.96. The molecule has 6 N–H and O–H groups in total. The summed E-state index contributed by atoms with van der Waals surface area (Å²) in [5.41, 5.74) is 0. The van der Waals surface area contributed by atoms with E-state index >= 15 is 0 Å². The third kappa shape index (κ3) is 42.2. The van der Waals surface area contributed by atoms with Crippen LogP contribution >= 0.6 is 0 Å². The highest BCUT2D eigenvalue weighted by atomic mass is 16.7. The molecule has 11 heteroatoms. The van der Waals surface area contributed by atoms with E-state index in [2.05, 4.69) is 62.5 Å². The Morgan fingerprint density at radius 2 is 0.885 bits per heavy atom. The molecule has 8 unspecified atom stereocenters. The van der Waals surface area contributed by atoms with E-state index in [1.54, 1.807) is 12.2 Å². The first-order valence-electron chi connectivity index (χ1n) is 32.6. The number of nitrogens with one attached hydrogen (secondary N) is 1. The number of aliphatic hydroxyl groups excluding tert-OH is 5. The van der Waals surface area contributed by atoms with Crippen molar-refractivity contribution in [1.82, 2.24) is 5.32 Å². The zero-order valence-electron chi connectivity index (χ0n) is 50.3. The molecule has 1 aliphatic rings. The summed E-state index contributed by atoms with van der Waals surface area (Å²) >= 11 is 0. The van der Waals surface area contributed by atoms with Crippen LogP contribution in [0.15, 0.2) is 60.8 Å². The normalized spacial score (nSPS) is 19.3. The lowest BCUT2D eigenvalue weighted by Gasteiger charge is -2.41. The molecule has 78 heavy (non-hydrogen) atoms. The van der Waals surface area contributed by atoms with Gasteiger partial charge in [0.25, 0.3) is 0 Å². The minimum atomic E-state index is -1.62. The van der Waals surface area contributed by atoms with Crippen molar-refractivity contribution in [3.05, 3.63) is 60.8 Å². The molecule has 0 radical (unpaired) electrons. The number of allylic oxidation sites excluding steroid dienone is 8. The maximum atomic E-state index is 13.3. The van der Waals surface area contributed by atoms with E-state index in [0.717, 1.165) is 51.4 Å². The predicted molar refractivity (Wildman–Crippen MR) is 324 cm³/mol. The SMILES string of the molecule is CCCCC/C=C\C/C=C\CCCCCCCCCCCCCCCCCC(=O)OC1C(OCC(NC(=O)C(O)C/C=C/C/C=C\CCCCCCCC)C(O)/C=C/CCCCCCCCCCCC)OC(CO)C(O)C1O. The van der Waals surface area contributed by atoms with E-state index in [4.69, 9.17) is 14.2 Å². The Labute approximate surface area is 478 Å². The summed E-state index contributed by atoms with van der Waals surface area (Å²) in [6, 6.07) is -1.05. The molecule has 1 heterocycles. The number of hydrogen-bond donors (Lipinski definition) is 6. The van der Waals surface area contributed by atoms with Gasteiger partial charge in [-0.15, -0.1) is 0 Å².